The average Bonchev–Trinajstić information content (AvgIpc) is 2.58. The number of aryl methyl sites for hydroxylation is 1. The van der Waals surface area contributed by atoms with E-state index in [0.29, 0.717) is 17.2 Å². The van der Waals surface area contributed by atoms with Crippen molar-refractivity contribution >= 4 is 18.3 Å². The van der Waals surface area contributed by atoms with Crippen LogP contribution < -0.4 is 11.1 Å². The van der Waals surface area contributed by atoms with Gasteiger partial charge in [0.15, 0.2) is 11.6 Å². The first kappa shape index (κ1) is 25.9. The number of carbonyl (C=O) groups is 1. The highest BCUT2D eigenvalue weighted by Gasteiger charge is 2.23. The van der Waals surface area contributed by atoms with Crippen molar-refractivity contribution in [1.29, 1.82) is 0 Å². The molecule has 0 saturated heterocycles. The van der Waals surface area contributed by atoms with Crippen LogP contribution in [0.1, 0.15) is 47.8 Å². The van der Waals surface area contributed by atoms with Crippen LogP contribution in [-0.4, -0.2) is 28.7 Å². The number of benzene rings is 2. The van der Waals surface area contributed by atoms with Crippen LogP contribution in [0, 0.1) is 24.4 Å². The van der Waals surface area contributed by atoms with Gasteiger partial charge in [-0.1, -0.05) is 17.7 Å². The lowest BCUT2D eigenvalue weighted by atomic mass is 9.93. The van der Waals surface area contributed by atoms with Crippen molar-refractivity contribution in [3.05, 3.63) is 70.0 Å². The fraction of sp³-hybridized carbons (Fsp3) is 0.409. The molecule has 0 fully saturated rings. The molecule has 4 N–H and O–H groups in total. The first-order valence-electron chi connectivity index (χ1n) is 9.36. The second-order valence-corrected chi connectivity index (χ2v) is 8.36. The zero-order valence-electron chi connectivity index (χ0n) is 17.4. The Bertz CT molecular complexity index is 901. The molecule has 8 heteroatoms. The molecule has 0 radical (unpaired) electrons. The molecule has 0 saturated carbocycles. The summed E-state index contributed by atoms with van der Waals surface area (Å²) in [5.74, 6) is -3.66. The number of aliphatic hydroxyl groups is 1. The quantitative estimate of drug-likeness (QED) is 0.592. The normalized spacial score (nSPS) is 13.4. The van der Waals surface area contributed by atoms with Crippen molar-refractivity contribution in [2.75, 3.05) is 0 Å². The molecule has 0 unspecified atom stereocenters. The summed E-state index contributed by atoms with van der Waals surface area (Å²) < 4.78 is 40.3. The first-order chi connectivity index (χ1) is 13.4. The summed E-state index contributed by atoms with van der Waals surface area (Å²) in [6.07, 6.45) is -1.24. The Hall–Kier alpha value is -2.09. The zero-order valence-corrected chi connectivity index (χ0v) is 18.2. The molecular formula is C22H28ClF3N2O2. The van der Waals surface area contributed by atoms with Gasteiger partial charge in [0.2, 0.25) is 0 Å². The van der Waals surface area contributed by atoms with E-state index < -0.39 is 35.1 Å². The minimum absolute atomic E-state index is 0. The maximum atomic E-state index is 13.9. The van der Waals surface area contributed by atoms with E-state index in [9.17, 15) is 23.1 Å². The Balaban J connectivity index is 0.00000450. The van der Waals surface area contributed by atoms with E-state index in [1.165, 1.54) is 0 Å². The Morgan fingerprint density at radius 2 is 1.63 bits per heavy atom. The summed E-state index contributed by atoms with van der Waals surface area (Å²) in [4.78, 5) is 12.6. The fourth-order valence-corrected chi connectivity index (χ4v) is 3.01. The number of carbonyl (C=O) groups excluding carboxylic acids is 1. The van der Waals surface area contributed by atoms with Crippen LogP contribution in [0.25, 0.3) is 0 Å². The zero-order chi connectivity index (χ0) is 21.9. The van der Waals surface area contributed by atoms with Crippen LogP contribution in [0.4, 0.5) is 13.2 Å². The molecule has 0 aromatic heterocycles. The van der Waals surface area contributed by atoms with E-state index in [1.54, 1.807) is 18.2 Å². The van der Waals surface area contributed by atoms with Crippen LogP contribution in [0.2, 0.25) is 0 Å². The summed E-state index contributed by atoms with van der Waals surface area (Å²) in [6, 6.07) is 5.52. The number of rotatable bonds is 6. The Morgan fingerprint density at radius 1 is 1.03 bits per heavy atom. The van der Waals surface area contributed by atoms with Crippen molar-refractivity contribution in [3.63, 3.8) is 0 Å². The number of halogens is 4. The third-order valence-corrected chi connectivity index (χ3v) is 4.46. The molecule has 166 valence electrons. The Morgan fingerprint density at radius 3 is 2.23 bits per heavy atom. The summed E-state index contributed by atoms with van der Waals surface area (Å²) in [6.45, 7) is 7.44. The molecule has 4 nitrogen and oxygen atoms in total. The molecule has 2 rings (SSSR count). The van der Waals surface area contributed by atoms with E-state index in [-0.39, 0.29) is 36.7 Å². The van der Waals surface area contributed by atoms with Gasteiger partial charge < -0.3 is 16.2 Å². The van der Waals surface area contributed by atoms with Gasteiger partial charge in [0.25, 0.3) is 5.91 Å². The van der Waals surface area contributed by atoms with Gasteiger partial charge in [-0.15, -0.1) is 12.4 Å². The minimum atomic E-state index is -1.28. The van der Waals surface area contributed by atoms with Crippen molar-refractivity contribution < 1.29 is 23.1 Å². The van der Waals surface area contributed by atoms with E-state index in [1.807, 2.05) is 27.7 Å². The van der Waals surface area contributed by atoms with Gasteiger partial charge in [0, 0.05) is 29.6 Å². The maximum absolute atomic E-state index is 13.9. The first-order valence-corrected chi connectivity index (χ1v) is 9.36. The van der Waals surface area contributed by atoms with Crippen molar-refractivity contribution in [3.8, 4) is 0 Å². The number of amides is 1. The highest BCUT2D eigenvalue weighted by Crippen LogP contribution is 2.19. The lowest BCUT2D eigenvalue weighted by Crippen LogP contribution is -2.42. The predicted molar refractivity (Wildman–Crippen MR) is 113 cm³/mol. The second-order valence-electron chi connectivity index (χ2n) is 8.36. The molecule has 0 heterocycles. The SMILES string of the molecule is Cc1ccc(C(=O)NC(C)(C)C)c(C[C@H](O)[C@H](N)Cc2cc(F)c(F)cc2F)c1.Cl. The summed E-state index contributed by atoms with van der Waals surface area (Å²) in [5, 5.41) is 13.4. The van der Waals surface area contributed by atoms with Gasteiger partial charge >= 0.3 is 0 Å². The molecule has 2 aromatic rings. The highest BCUT2D eigenvalue weighted by molar-refractivity contribution is 5.96. The predicted octanol–water partition coefficient (Wildman–Crippen LogP) is 3.84. The number of aliphatic hydroxyl groups excluding tert-OH is 1. The van der Waals surface area contributed by atoms with E-state index >= 15 is 0 Å². The lowest BCUT2D eigenvalue weighted by molar-refractivity contribution is 0.0917. The topological polar surface area (TPSA) is 75.3 Å². The minimum Gasteiger partial charge on any atom is -0.391 e. The third kappa shape index (κ3) is 7.00. The molecule has 1 amide bonds. The molecule has 30 heavy (non-hydrogen) atoms. The Labute approximate surface area is 181 Å². The van der Waals surface area contributed by atoms with E-state index in [0.717, 1.165) is 11.6 Å². The van der Waals surface area contributed by atoms with Gasteiger partial charge in [0.1, 0.15) is 5.82 Å². The van der Waals surface area contributed by atoms with Gasteiger partial charge in [-0.05, 0) is 57.4 Å². The van der Waals surface area contributed by atoms with Gasteiger partial charge in [-0.2, -0.15) is 0 Å². The summed E-state index contributed by atoms with van der Waals surface area (Å²) in [5.41, 5.74) is 7.35. The van der Waals surface area contributed by atoms with Gasteiger partial charge in [0.05, 0.1) is 6.10 Å². The molecule has 0 spiro atoms. The molecule has 0 aliphatic heterocycles. The lowest BCUT2D eigenvalue weighted by Gasteiger charge is -2.23. The largest absolute Gasteiger partial charge is 0.391 e. The third-order valence-electron chi connectivity index (χ3n) is 4.46. The average molecular weight is 445 g/mol. The number of hydrogen-bond acceptors (Lipinski definition) is 3. The molecule has 2 aromatic carbocycles. The van der Waals surface area contributed by atoms with Crippen molar-refractivity contribution in [2.45, 2.75) is 58.2 Å². The van der Waals surface area contributed by atoms with E-state index in [2.05, 4.69) is 5.32 Å². The summed E-state index contributed by atoms with van der Waals surface area (Å²) in [7, 11) is 0. The van der Waals surface area contributed by atoms with E-state index in [4.69, 9.17) is 5.73 Å². The maximum Gasteiger partial charge on any atom is 0.251 e. The molecular weight excluding hydrogens is 417 g/mol. The van der Waals surface area contributed by atoms with Gasteiger partial charge in [-0.3, -0.25) is 4.79 Å². The number of nitrogens with one attached hydrogen (secondary N) is 1. The van der Waals surface area contributed by atoms with Gasteiger partial charge in [-0.25, -0.2) is 13.2 Å². The monoisotopic (exact) mass is 444 g/mol. The standard InChI is InChI=1S/C22H27F3N2O2.ClH/c1-12-5-6-15(21(29)27-22(2,3)4)13(7-12)10-20(28)19(26)9-14-8-17(24)18(25)11-16(14)23;/h5-8,11,19-20,28H,9-10,26H2,1-4H3,(H,27,29);1H/t19-,20+;/m1./s1. The smallest absolute Gasteiger partial charge is 0.251 e. The molecule has 0 bridgehead atoms. The molecule has 0 aliphatic carbocycles. The van der Waals surface area contributed by atoms with Crippen LogP contribution in [0.5, 0.6) is 0 Å². The number of nitrogens with two attached hydrogens (primary N) is 1. The number of hydrogen-bond donors (Lipinski definition) is 3. The highest BCUT2D eigenvalue weighted by atomic mass is 35.5. The van der Waals surface area contributed by atoms with Crippen molar-refractivity contribution in [2.24, 2.45) is 5.73 Å². The second kappa shape index (κ2) is 10.3. The molecule has 2 atom stereocenters. The molecule has 0 aliphatic rings. The fourth-order valence-electron chi connectivity index (χ4n) is 3.01. The van der Waals surface area contributed by atoms with Crippen LogP contribution in [0.3, 0.4) is 0 Å². The van der Waals surface area contributed by atoms with Crippen molar-refractivity contribution in [1.82, 2.24) is 5.32 Å². The van der Waals surface area contributed by atoms with Crippen LogP contribution in [-0.2, 0) is 12.8 Å². The van der Waals surface area contributed by atoms with Crippen LogP contribution >= 0.6 is 12.4 Å². The summed E-state index contributed by atoms with van der Waals surface area (Å²) >= 11 is 0. The van der Waals surface area contributed by atoms with Crippen LogP contribution in [0.15, 0.2) is 30.3 Å². The Kier molecular flexibility index (Phi) is 8.90.